The van der Waals surface area contributed by atoms with Gasteiger partial charge in [-0.05, 0) is 37.6 Å². The van der Waals surface area contributed by atoms with Gasteiger partial charge in [0.1, 0.15) is 0 Å². The molecule has 1 fully saturated rings. The summed E-state index contributed by atoms with van der Waals surface area (Å²) < 4.78 is 0. The van der Waals surface area contributed by atoms with Gasteiger partial charge in [0.25, 0.3) is 0 Å². The standard InChI is InChI=1S/C22H31N5O.HI/c1-2-23-22(25-13-8-16-27-15-7-3-4-11-21(27)28)26-17-20-19-10-6-5-9-18(19)12-14-24-20;/h5-6,9-10,12,14H,2-4,7-8,11,13,15-17H2,1H3,(H2,23,25,26);1H. The van der Waals surface area contributed by atoms with Gasteiger partial charge in [-0.1, -0.05) is 30.7 Å². The maximum absolute atomic E-state index is 12.1. The van der Waals surface area contributed by atoms with E-state index in [4.69, 9.17) is 4.99 Å². The highest BCUT2D eigenvalue weighted by Gasteiger charge is 2.15. The first-order chi connectivity index (χ1) is 13.8. The van der Waals surface area contributed by atoms with E-state index in [0.717, 1.165) is 62.5 Å². The molecule has 1 amide bonds. The molecule has 2 heterocycles. The Bertz CT molecular complexity index is 805. The molecule has 0 aliphatic carbocycles. The van der Waals surface area contributed by atoms with Crippen molar-refractivity contribution in [1.29, 1.82) is 0 Å². The predicted octanol–water partition coefficient (Wildman–Crippen LogP) is 3.70. The Labute approximate surface area is 190 Å². The SMILES string of the molecule is CCNC(=NCc1nccc2ccccc12)NCCCN1CCCCCC1=O.I. The van der Waals surface area contributed by atoms with Gasteiger partial charge < -0.3 is 15.5 Å². The lowest BCUT2D eigenvalue weighted by molar-refractivity contribution is -0.130. The predicted molar refractivity (Wildman–Crippen MR) is 130 cm³/mol. The number of likely N-dealkylation sites (tertiary alicyclic amines) is 1. The third kappa shape index (κ3) is 7.13. The first-order valence-corrected chi connectivity index (χ1v) is 10.4. The molecule has 7 heteroatoms. The summed E-state index contributed by atoms with van der Waals surface area (Å²) in [5.74, 6) is 1.10. The zero-order valence-electron chi connectivity index (χ0n) is 17.2. The number of benzene rings is 1. The van der Waals surface area contributed by atoms with Crippen LogP contribution in [0.1, 0.15) is 44.7 Å². The van der Waals surface area contributed by atoms with Crippen molar-refractivity contribution in [2.45, 2.75) is 45.6 Å². The summed E-state index contributed by atoms with van der Waals surface area (Å²) in [7, 11) is 0. The number of rotatable bonds is 7. The molecule has 0 bridgehead atoms. The van der Waals surface area contributed by atoms with E-state index < -0.39 is 0 Å². The molecule has 2 N–H and O–H groups in total. The van der Waals surface area contributed by atoms with Crippen molar-refractivity contribution in [3.05, 3.63) is 42.2 Å². The van der Waals surface area contributed by atoms with Crippen molar-refractivity contribution in [1.82, 2.24) is 20.5 Å². The van der Waals surface area contributed by atoms with E-state index in [9.17, 15) is 4.79 Å². The second kappa shape index (κ2) is 12.6. The third-order valence-corrected chi connectivity index (χ3v) is 5.06. The van der Waals surface area contributed by atoms with Crippen LogP contribution >= 0.6 is 24.0 Å². The number of fused-ring (bicyclic) bond motifs is 1. The number of halogens is 1. The molecule has 6 nitrogen and oxygen atoms in total. The lowest BCUT2D eigenvalue weighted by Crippen LogP contribution is -2.39. The molecule has 1 aliphatic heterocycles. The normalized spacial score (nSPS) is 15.0. The first kappa shape index (κ1) is 23.4. The van der Waals surface area contributed by atoms with Gasteiger partial charge in [0.15, 0.2) is 5.96 Å². The Hall–Kier alpha value is -1.90. The van der Waals surface area contributed by atoms with E-state index in [1.165, 1.54) is 11.8 Å². The molecule has 1 aliphatic rings. The van der Waals surface area contributed by atoms with E-state index >= 15 is 0 Å². The van der Waals surface area contributed by atoms with Crippen LogP contribution in [0.4, 0.5) is 0 Å². The fourth-order valence-corrected chi connectivity index (χ4v) is 3.56. The molecule has 0 radical (unpaired) electrons. The monoisotopic (exact) mass is 509 g/mol. The molecule has 1 aromatic carbocycles. The molecule has 1 saturated heterocycles. The Morgan fingerprint density at radius 1 is 1.17 bits per heavy atom. The quantitative estimate of drug-likeness (QED) is 0.259. The minimum atomic E-state index is 0. The highest BCUT2D eigenvalue weighted by molar-refractivity contribution is 14.0. The van der Waals surface area contributed by atoms with Crippen molar-refractivity contribution < 1.29 is 4.79 Å². The van der Waals surface area contributed by atoms with Crippen molar-refractivity contribution in [2.75, 3.05) is 26.2 Å². The molecule has 0 saturated carbocycles. The molecule has 0 atom stereocenters. The summed E-state index contributed by atoms with van der Waals surface area (Å²) in [5.41, 5.74) is 0.977. The number of guanidine groups is 1. The van der Waals surface area contributed by atoms with Crippen LogP contribution in [0, 0.1) is 0 Å². The number of carbonyl (C=O) groups excluding carboxylic acids is 1. The molecule has 0 spiro atoms. The van der Waals surface area contributed by atoms with Crippen LogP contribution < -0.4 is 10.6 Å². The third-order valence-electron chi connectivity index (χ3n) is 5.06. The molecule has 0 unspecified atom stereocenters. The van der Waals surface area contributed by atoms with E-state index in [0.29, 0.717) is 18.9 Å². The largest absolute Gasteiger partial charge is 0.357 e. The van der Waals surface area contributed by atoms with Crippen LogP contribution in [0.25, 0.3) is 10.8 Å². The maximum Gasteiger partial charge on any atom is 0.222 e. The summed E-state index contributed by atoms with van der Waals surface area (Å²) >= 11 is 0. The second-order valence-electron chi connectivity index (χ2n) is 7.15. The lowest BCUT2D eigenvalue weighted by Gasteiger charge is -2.20. The van der Waals surface area contributed by atoms with Crippen LogP contribution in [-0.4, -0.2) is 47.9 Å². The van der Waals surface area contributed by atoms with E-state index in [2.05, 4.69) is 34.7 Å². The summed E-state index contributed by atoms with van der Waals surface area (Å²) in [4.78, 5) is 23.3. The highest BCUT2D eigenvalue weighted by atomic mass is 127. The number of hydrogen-bond donors (Lipinski definition) is 2. The molecule has 3 rings (SSSR count). The fraction of sp³-hybridized carbons (Fsp3) is 0.500. The Balaban J connectivity index is 0.00000300. The molecule has 2 aromatic rings. The fourth-order valence-electron chi connectivity index (χ4n) is 3.56. The van der Waals surface area contributed by atoms with Gasteiger partial charge in [0.2, 0.25) is 5.91 Å². The zero-order chi connectivity index (χ0) is 19.6. The number of carbonyl (C=O) groups is 1. The Morgan fingerprint density at radius 2 is 2.03 bits per heavy atom. The summed E-state index contributed by atoms with van der Waals surface area (Å²) in [5, 5.41) is 9.00. The average molecular weight is 509 g/mol. The topological polar surface area (TPSA) is 69.6 Å². The summed E-state index contributed by atoms with van der Waals surface area (Å²) in [6.07, 6.45) is 6.79. The van der Waals surface area contributed by atoms with Crippen molar-refractivity contribution in [3.8, 4) is 0 Å². The number of amides is 1. The van der Waals surface area contributed by atoms with Crippen molar-refractivity contribution in [3.63, 3.8) is 0 Å². The van der Waals surface area contributed by atoms with Gasteiger partial charge in [-0.15, -0.1) is 24.0 Å². The average Bonchev–Trinajstić information content (AvgIpc) is 2.93. The van der Waals surface area contributed by atoms with Gasteiger partial charge in [0, 0.05) is 44.2 Å². The van der Waals surface area contributed by atoms with E-state index in [1.54, 1.807) is 0 Å². The minimum absolute atomic E-state index is 0. The Kier molecular flexibility index (Phi) is 10.2. The number of hydrogen-bond acceptors (Lipinski definition) is 3. The van der Waals surface area contributed by atoms with Crippen LogP contribution in [0.15, 0.2) is 41.5 Å². The number of nitrogens with zero attached hydrogens (tertiary/aromatic N) is 3. The molecule has 1 aromatic heterocycles. The van der Waals surface area contributed by atoms with Gasteiger partial charge in [0.05, 0.1) is 12.2 Å². The van der Waals surface area contributed by atoms with Gasteiger partial charge in [-0.3, -0.25) is 9.78 Å². The Morgan fingerprint density at radius 3 is 2.90 bits per heavy atom. The van der Waals surface area contributed by atoms with Crippen LogP contribution in [-0.2, 0) is 11.3 Å². The highest BCUT2D eigenvalue weighted by Crippen LogP contribution is 2.16. The maximum atomic E-state index is 12.1. The number of aliphatic imine (C=N–C) groups is 1. The van der Waals surface area contributed by atoms with Gasteiger partial charge >= 0.3 is 0 Å². The zero-order valence-corrected chi connectivity index (χ0v) is 19.5. The van der Waals surface area contributed by atoms with Crippen LogP contribution in [0.3, 0.4) is 0 Å². The molecule has 158 valence electrons. The summed E-state index contributed by atoms with van der Waals surface area (Å²) in [6.45, 7) is 5.90. The molecule has 29 heavy (non-hydrogen) atoms. The molecular weight excluding hydrogens is 477 g/mol. The van der Waals surface area contributed by atoms with Crippen molar-refractivity contribution >= 4 is 46.6 Å². The van der Waals surface area contributed by atoms with Gasteiger partial charge in [-0.25, -0.2) is 4.99 Å². The van der Waals surface area contributed by atoms with E-state index in [-0.39, 0.29) is 24.0 Å². The molecular formula is C22H32IN5O. The number of pyridine rings is 1. The summed E-state index contributed by atoms with van der Waals surface area (Å²) in [6, 6.07) is 10.3. The lowest BCUT2D eigenvalue weighted by atomic mass is 10.1. The van der Waals surface area contributed by atoms with Gasteiger partial charge in [-0.2, -0.15) is 0 Å². The number of aromatic nitrogens is 1. The van der Waals surface area contributed by atoms with Crippen molar-refractivity contribution in [2.24, 2.45) is 4.99 Å². The van der Waals surface area contributed by atoms with E-state index in [1.807, 2.05) is 29.3 Å². The van der Waals surface area contributed by atoms with Crippen LogP contribution in [0.5, 0.6) is 0 Å². The minimum Gasteiger partial charge on any atom is -0.357 e. The smallest absolute Gasteiger partial charge is 0.222 e. The first-order valence-electron chi connectivity index (χ1n) is 10.4. The second-order valence-corrected chi connectivity index (χ2v) is 7.15. The van der Waals surface area contributed by atoms with Crippen LogP contribution in [0.2, 0.25) is 0 Å². The number of nitrogens with one attached hydrogen (secondary N) is 2.